The van der Waals surface area contributed by atoms with E-state index in [1.54, 1.807) is 0 Å². The Kier molecular flexibility index (Phi) is 5.96. The zero-order valence-electron chi connectivity index (χ0n) is 18.1. The van der Waals surface area contributed by atoms with E-state index in [1.807, 2.05) is 26.1 Å². The van der Waals surface area contributed by atoms with Crippen molar-refractivity contribution in [2.24, 2.45) is 11.3 Å². The quantitative estimate of drug-likeness (QED) is 0.483. The first-order valence-electron chi connectivity index (χ1n) is 10.2. The molecule has 1 aromatic rings. The molecule has 33 heavy (non-hydrogen) atoms. The standard InChI is InChI=1S/C21H23F6N3O3/c1-11-7-18(2,3)10-19(8-11)16(32)30(17(33)29-19)9-15(31)28-14-5-12(20(22,23)24)4-13(6-14)21(25,26)27/h4-6,11H,7-10H2,1-3H3,(H,28,31)(H,29,33). The number of rotatable bonds is 3. The van der Waals surface area contributed by atoms with Crippen molar-refractivity contribution in [1.29, 1.82) is 0 Å². The van der Waals surface area contributed by atoms with Crippen molar-refractivity contribution in [3.05, 3.63) is 29.3 Å². The Morgan fingerprint density at radius 1 is 1.06 bits per heavy atom. The average Bonchev–Trinajstić information content (AvgIpc) is 2.81. The predicted molar refractivity (Wildman–Crippen MR) is 105 cm³/mol. The third-order valence-electron chi connectivity index (χ3n) is 5.80. The van der Waals surface area contributed by atoms with Crippen LogP contribution in [-0.4, -0.2) is 34.8 Å². The Bertz CT molecular complexity index is 956. The largest absolute Gasteiger partial charge is 0.416 e. The normalized spacial score (nSPS) is 25.4. The van der Waals surface area contributed by atoms with Gasteiger partial charge in [-0.2, -0.15) is 26.3 Å². The van der Waals surface area contributed by atoms with Crippen LogP contribution >= 0.6 is 0 Å². The Morgan fingerprint density at radius 2 is 1.61 bits per heavy atom. The van der Waals surface area contributed by atoms with Crippen molar-refractivity contribution in [2.75, 3.05) is 11.9 Å². The molecule has 1 spiro atoms. The van der Waals surface area contributed by atoms with Crippen LogP contribution in [-0.2, 0) is 21.9 Å². The number of benzene rings is 1. The number of alkyl halides is 6. The number of halogens is 6. The van der Waals surface area contributed by atoms with E-state index >= 15 is 0 Å². The van der Waals surface area contributed by atoms with E-state index in [-0.39, 0.29) is 17.4 Å². The van der Waals surface area contributed by atoms with Gasteiger partial charge >= 0.3 is 18.4 Å². The molecule has 2 aliphatic rings. The summed E-state index contributed by atoms with van der Waals surface area (Å²) in [5, 5.41) is 4.58. The molecule has 2 unspecified atom stereocenters. The van der Waals surface area contributed by atoms with Gasteiger partial charge in [-0.05, 0) is 48.8 Å². The summed E-state index contributed by atoms with van der Waals surface area (Å²) in [7, 11) is 0. The number of amides is 4. The number of carbonyl (C=O) groups is 3. The third-order valence-corrected chi connectivity index (χ3v) is 5.80. The van der Waals surface area contributed by atoms with Gasteiger partial charge in [-0.1, -0.05) is 20.8 Å². The molecule has 0 radical (unpaired) electrons. The van der Waals surface area contributed by atoms with Gasteiger partial charge in [-0.25, -0.2) is 4.79 Å². The molecule has 182 valence electrons. The van der Waals surface area contributed by atoms with Crippen LogP contribution in [0, 0.1) is 11.3 Å². The van der Waals surface area contributed by atoms with E-state index in [2.05, 4.69) is 5.32 Å². The molecule has 2 fully saturated rings. The molecular weight excluding hydrogens is 456 g/mol. The first-order valence-corrected chi connectivity index (χ1v) is 10.2. The number of nitrogens with zero attached hydrogens (tertiary/aromatic N) is 1. The van der Waals surface area contributed by atoms with Gasteiger partial charge in [0.2, 0.25) is 5.91 Å². The molecule has 3 rings (SSSR count). The number of anilines is 1. The van der Waals surface area contributed by atoms with Gasteiger partial charge in [0, 0.05) is 5.69 Å². The highest BCUT2D eigenvalue weighted by Gasteiger charge is 2.56. The molecule has 1 heterocycles. The first kappa shape index (κ1) is 24.8. The fourth-order valence-corrected chi connectivity index (χ4v) is 5.02. The van der Waals surface area contributed by atoms with Gasteiger partial charge in [-0.3, -0.25) is 14.5 Å². The maximum Gasteiger partial charge on any atom is 0.416 e. The van der Waals surface area contributed by atoms with Gasteiger partial charge in [0.15, 0.2) is 0 Å². The van der Waals surface area contributed by atoms with Crippen molar-refractivity contribution in [1.82, 2.24) is 10.2 Å². The predicted octanol–water partition coefficient (Wildman–Crippen LogP) is 4.80. The van der Waals surface area contributed by atoms with E-state index in [0.29, 0.717) is 29.9 Å². The Balaban J connectivity index is 1.80. The van der Waals surface area contributed by atoms with Crippen LogP contribution in [0.25, 0.3) is 0 Å². The maximum absolute atomic E-state index is 13.1. The molecule has 4 amide bonds. The molecule has 1 aliphatic carbocycles. The first-order chi connectivity index (χ1) is 14.9. The summed E-state index contributed by atoms with van der Waals surface area (Å²) >= 11 is 0. The summed E-state index contributed by atoms with van der Waals surface area (Å²) in [6, 6.07) is -0.194. The summed E-state index contributed by atoms with van der Waals surface area (Å²) < 4.78 is 78.1. The number of nitrogens with one attached hydrogen (secondary N) is 2. The van der Waals surface area contributed by atoms with Crippen LogP contribution in [0.1, 0.15) is 51.2 Å². The number of urea groups is 1. The third kappa shape index (κ3) is 5.25. The number of imide groups is 1. The highest BCUT2D eigenvalue weighted by molar-refractivity contribution is 6.10. The maximum atomic E-state index is 13.1. The minimum absolute atomic E-state index is 0.0666. The fourth-order valence-electron chi connectivity index (χ4n) is 5.02. The van der Waals surface area contributed by atoms with Crippen molar-refractivity contribution >= 4 is 23.5 Å². The monoisotopic (exact) mass is 479 g/mol. The lowest BCUT2D eigenvalue weighted by atomic mass is 9.64. The van der Waals surface area contributed by atoms with E-state index < -0.39 is 59.1 Å². The van der Waals surface area contributed by atoms with Gasteiger partial charge in [-0.15, -0.1) is 0 Å². The summed E-state index contributed by atoms with van der Waals surface area (Å²) in [6.45, 7) is 4.98. The SMILES string of the molecule is CC1CC(C)(C)CC2(C1)NC(=O)N(CC(=O)Nc1cc(C(F)(F)F)cc(C(F)(F)F)c1)C2=O. The number of hydrogen-bond acceptors (Lipinski definition) is 3. The van der Waals surface area contributed by atoms with Crippen molar-refractivity contribution in [2.45, 2.75) is 57.9 Å². The second-order valence-corrected chi connectivity index (χ2v) is 9.60. The van der Waals surface area contributed by atoms with E-state index in [4.69, 9.17) is 0 Å². The molecule has 1 aromatic carbocycles. The minimum Gasteiger partial charge on any atom is -0.325 e. The number of carbonyl (C=O) groups excluding carboxylic acids is 3. The topological polar surface area (TPSA) is 78.5 Å². The molecule has 1 saturated carbocycles. The van der Waals surface area contributed by atoms with Crippen molar-refractivity contribution in [3.8, 4) is 0 Å². The van der Waals surface area contributed by atoms with Gasteiger partial charge in [0.05, 0.1) is 11.1 Å². The zero-order valence-corrected chi connectivity index (χ0v) is 18.1. The lowest BCUT2D eigenvalue weighted by Gasteiger charge is -2.43. The molecular formula is C21H23F6N3O3. The molecule has 12 heteroatoms. The van der Waals surface area contributed by atoms with Crippen molar-refractivity contribution < 1.29 is 40.7 Å². The van der Waals surface area contributed by atoms with Crippen LogP contribution in [0.2, 0.25) is 0 Å². The minimum atomic E-state index is -5.08. The summed E-state index contributed by atoms with van der Waals surface area (Å²) in [6.07, 6.45) is -8.63. The van der Waals surface area contributed by atoms with Crippen LogP contribution < -0.4 is 10.6 Å². The molecule has 2 atom stereocenters. The lowest BCUT2D eigenvalue weighted by Crippen LogP contribution is -2.54. The zero-order chi connectivity index (χ0) is 25.0. The average molecular weight is 479 g/mol. The van der Waals surface area contributed by atoms with E-state index in [1.165, 1.54) is 0 Å². The summed E-state index contributed by atoms with van der Waals surface area (Å²) in [4.78, 5) is 38.5. The second kappa shape index (κ2) is 7.91. The molecule has 0 bridgehead atoms. The van der Waals surface area contributed by atoms with Crippen LogP contribution in [0.3, 0.4) is 0 Å². The van der Waals surface area contributed by atoms with Gasteiger partial charge in [0.1, 0.15) is 12.1 Å². The smallest absolute Gasteiger partial charge is 0.325 e. The Hall–Kier alpha value is -2.79. The summed E-state index contributed by atoms with van der Waals surface area (Å²) in [5.74, 6) is -1.63. The van der Waals surface area contributed by atoms with Crippen LogP contribution in [0.4, 0.5) is 36.8 Å². The van der Waals surface area contributed by atoms with Gasteiger partial charge in [0.25, 0.3) is 5.91 Å². The molecule has 1 saturated heterocycles. The second-order valence-electron chi connectivity index (χ2n) is 9.60. The lowest BCUT2D eigenvalue weighted by molar-refractivity contribution is -0.143. The molecule has 6 nitrogen and oxygen atoms in total. The molecule has 2 N–H and O–H groups in total. The van der Waals surface area contributed by atoms with E-state index in [0.717, 1.165) is 6.42 Å². The molecule has 0 aromatic heterocycles. The van der Waals surface area contributed by atoms with Crippen LogP contribution in [0.5, 0.6) is 0 Å². The molecule has 1 aliphatic heterocycles. The highest BCUT2D eigenvalue weighted by atomic mass is 19.4. The Labute approximate surface area is 185 Å². The van der Waals surface area contributed by atoms with Gasteiger partial charge < -0.3 is 10.6 Å². The van der Waals surface area contributed by atoms with Crippen molar-refractivity contribution in [3.63, 3.8) is 0 Å². The highest BCUT2D eigenvalue weighted by Crippen LogP contribution is 2.46. The van der Waals surface area contributed by atoms with Crippen LogP contribution in [0.15, 0.2) is 18.2 Å². The summed E-state index contributed by atoms with van der Waals surface area (Å²) in [5.41, 5.74) is -5.40. The number of hydrogen-bond donors (Lipinski definition) is 2. The van der Waals surface area contributed by atoms with E-state index in [9.17, 15) is 40.7 Å². The fraction of sp³-hybridized carbons (Fsp3) is 0.571. The Morgan fingerprint density at radius 3 is 2.09 bits per heavy atom.